The molecule has 0 aromatic heterocycles. The van der Waals surface area contributed by atoms with Gasteiger partial charge in [0.2, 0.25) is 0 Å². The second kappa shape index (κ2) is 14.2. The molecule has 0 amide bonds. The standard InChI is InChI=1S/C22H37N3O2.HI/c1-17(2)5-4-6-18(3)25-22(23)24-15-19-7-9-20(10-8-19)16-27-21-11-13-26-14-12-21;/h7-10,17-18,21H,4-6,11-16H2,1-3H3,(H3,23,24,25);1H. The Balaban J connectivity index is 0.00000392. The normalized spacial score (nSPS) is 16.6. The molecule has 28 heavy (non-hydrogen) atoms. The van der Waals surface area contributed by atoms with Crippen LogP contribution >= 0.6 is 24.0 Å². The smallest absolute Gasteiger partial charge is 0.189 e. The molecule has 0 bridgehead atoms. The topological polar surface area (TPSA) is 68.9 Å². The van der Waals surface area contributed by atoms with Gasteiger partial charge in [-0.05, 0) is 43.2 Å². The number of nitrogens with one attached hydrogen (secondary N) is 1. The molecule has 0 radical (unpaired) electrons. The largest absolute Gasteiger partial charge is 0.381 e. The third-order valence-electron chi connectivity index (χ3n) is 4.92. The van der Waals surface area contributed by atoms with Crippen LogP contribution in [-0.4, -0.2) is 31.3 Å². The van der Waals surface area contributed by atoms with E-state index in [2.05, 4.69) is 55.3 Å². The fraction of sp³-hybridized carbons (Fsp3) is 0.682. The number of halogens is 1. The van der Waals surface area contributed by atoms with Gasteiger partial charge in [0.1, 0.15) is 0 Å². The summed E-state index contributed by atoms with van der Waals surface area (Å²) in [5.41, 5.74) is 8.37. The van der Waals surface area contributed by atoms with Crippen molar-refractivity contribution in [3.63, 3.8) is 0 Å². The number of rotatable bonds is 10. The molecule has 1 aliphatic heterocycles. The van der Waals surface area contributed by atoms with Gasteiger partial charge in [0.05, 0.1) is 19.3 Å². The number of nitrogens with two attached hydrogens (primary N) is 1. The minimum Gasteiger partial charge on any atom is -0.381 e. The summed E-state index contributed by atoms with van der Waals surface area (Å²) in [6, 6.07) is 8.79. The zero-order valence-electron chi connectivity index (χ0n) is 17.7. The quantitative estimate of drug-likeness (QED) is 0.278. The van der Waals surface area contributed by atoms with E-state index in [1.54, 1.807) is 0 Å². The summed E-state index contributed by atoms with van der Waals surface area (Å²) in [6.07, 6.45) is 5.92. The van der Waals surface area contributed by atoms with Crippen molar-refractivity contribution in [1.82, 2.24) is 5.32 Å². The van der Waals surface area contributed by atoms with E-state index in [0.29, 0.717) is 31.3 Å². The molecule has 6 heteroatoms. The van der Waals surface area contributed by atoms with Crippen LogP contribution in [0.3, 0.4) is 0 Å². The lowest BCUT2D eigenvalue weighted by molar-refractivity contribution is -0.0390. The molecule has 1 saturated heterocycles. The maximum absolute atomic E-state index is 6.02. The van der Waals surface area contributed by atoms with Crippen molar-refractivity contribution in [1.29, 1.82) is 0 Å². The average molecular weight is 503 g/mol. The second-order valence-electron chi connectivity index (χ2n) is 8.01. The van der Waals surface area contributed by atoms with E-state index < -0.39 is 0 Å². The summed E-state index contributed by atoms with van der Waals surface area (Å²) in [5.74, 6) is 1.28. The molecule has 1 fully saturated rings. The molecule has 1 heterocycles. The Morgan fingerprint density at radius 2 is 1.79 bits per heavy atom. The minimum atomic E-state index is 0. The Morgan fingerprint density at radius 3 is 2.43 bits per heavy atom. The summed E-state index contributed by atoms with van der Waals surface area (Å²) < 4.78 is 11.3. The molecule has 1 aromatic carbocycles. The van der Waals surface area contributed by atoms with Crippen LogP contribution in [0.25, 0.3) is 0 Å². The number of ether oxygens (including phenoxy) is 2. The predicted molar refractivity (Wildman–Crippen MR) is 127 cm³/mol. The molecule has 0 spiro atoms. The lowest BCUT2D eigenvalue weighted by Gasteiger charge is -2.22. The average Bonchev–Trinajstić information content (AvgIpc) is 2.66. The highest BCUT2D eigenvalue weighted by atomic mass is 127. The first-order valence-electron chi connectivity index (χ1n) is 10.4. The van der Waals surface area contributed by atoms with E-state index in [4.69, 9.17) is 15.2 Å². The van der Waals surface area contributed by atoms with E-state index in [0.717, 1.165) is 44.0 Å². The summed E-state index contributed by atoms with van der Waals surface area (Å²) in [5, 5.41) is 3.29. The van der Waals surface area contributed by atoms with Gasteiger partial charge in [-0.25, -0.2) is 4.99 Å². The molecular weight excluding hydrogens is 465 g/mol. The highest BCUT2D eigenvalue weighted by Gasteiger charge is 2.13. The Bertz CT molecular complexity index is 557. The summed E-state index contributed by atoms with van der Waals surface area (Å²) >= 11 is 0. The Kier molecular flexibility index (Phi) is 12.7. The molecule has 1 aliphatic rings. The van der Waals surface area contributed by atoms with Crippen molar-refractivity contribution < 1.29 is 9.47 Å². The van der Waals surface area contributed by atoms with Gasteiger partial charge in [0, 0.05) is 19.3 Å². The highest BCUT2D eigenvalue weighted by Crippen LogP contribution is 2.14. The third kappa shape index (κ3) is 10.6. The van der Waals surface area contributed by atoms with Crippen molar-refractivity contribution in [2.24, 2.45) is 16.6 Å². The van der Waals surface area contributed by atoms with Crippen LogP contribution in [0.5, 0.6) is 0 Å². The van der Waals surface area contributed by atoms with Crippen LogP contribution < -0.4 is 11.1 Å². The van der Waals surface area contributed by atoms with Crippen molar-refractivity contribution in [2.45, 2.75) is 78.2 Å². The first-order chi connectivity index (χ1) is 13.0. The van der Waals surface area contributed by atoms with Crippen molar-refractivity contribution in [3.05, 3.63) is 35.4 Å². The highest BCUT2D eigenvalue weighted by molar-refractivity contribution is 14.0. The first-order valence-corrected chi connectivity index (χ1v) is 10.4. The van der Waals surface area contributed by atoms with Gasteiger partial charge in [0.15, 0.2) is 5.96 Å². The predicted octanol–water partition coefficient (Wildman–Crippen LogP) is 4.62. The maximum Gasteiger partial charge on any atom is 0.189 e. The Labute approximate surface area is 187 Å². The fourth-order valence-corrected chi connectivity index (χ4v) is 3.18. The van der Waals surface area contributed by atoms with E-state index in [1.807, 2.05) is 0 Å². The van der Waals surface area contributed by atoms with E-state index in [9.17, 15) is 0 Å². The summed E-state index contributed by atoms with van der Waals surface area (Å²) in [7, 11) is 0. The van der Waals surface area contributed by atoms with E-state index in [-0.39, 0.29) is 24.0 Å². The lowest BCUT2D eigenvalue weighted by atomic mass is 10.0. The van der Waals surface area contributed by atoms with Gasteiger partial charge >= 0.3 is 0 Å². The minimum absolute atomic E-state index is 0. The summed E-state index contributed by atoms with van der Waals surface area (Å²) in [4.78, 5) is 4.46. The van der Waals surface area contributed by atoms with Crippen LogP contribution in [-0.2, 0) is 22.6 Å². The number of nitrogens with zero attached hydrogens (tertiary/aromatic N) is 1. The first kappa shape index (κ1) is 25.2. The van der Waals surface area contributed by atoms with Crippen molar-refractivity contribution in [3.8, 4) is 0 Å². The van der Waals surface area contributed by atoms with Gasteiger partial charge in [0.25, 0.3) is 0 Å². The number of hydrogen-bond acceptors (Lipinski definition) is 3. The maximum atomic E-state index is 6.02. The molecule has 0 aliphatic carbocycles. The number of guanidine groups is 1. The lowest BCUT2D eigenvalue weighted by Crippen LogP contribution is -2.38. The Hall–Kier alpha value is -0.860. The summed E-state index contributed by atoms with van der Waals surface area (Å²) in [6.45, 7) is 9.56. The molecular formula is C22H38IN3O2. The molecule has 1 unspecified atom stereocenters. The van der Waals surface area contributed by atoms with Gasteiger partial charge in [-0.2, -0.15) is 0 Å². The monoisotopic (exact) mass is 503 g/mol. The molecule has 1 atom stereocenters. The third-order valence-corrected chi connectivity index (χ3v) is 4.92. The van der Waals surface area contributed by atoms with E-state index in [1.165, 1.54) is 18.4 Å². The fourth-order valence-electron chi connectivity index (χ4n) is 3.18. The molecule has 160 valence electrons. The number of hydrogen-bond donors (Lipinski definition) is 2. The van der Waals surface area contributed by atoms with Crippen LogP contribution in [0.4, 0.5) is 0 Å². The van der Waals surface area contributed by atoms with Crippen LogP contribution in [0.2, 0.25) is 0 Å². The Morgan fingerprint density at radius 1 is 1.14 bits per heavy atom. The number of aliphatic imine (C=N–C) groups is 1. The van der Waals surface area contributed by atoms with Crippen LogP contribution in [0, 0.1) is 5.92 Å². The molecule has 2 rings (SSSR count). The van der Waals surface area contributed by atoms with Crippen molar-refractivity contribution >= 4 is 29.9 Å². The number of benzene rings is 1. The van der Waals surface area contributed by atoms with Crippen LogP contribution in [0.15, 0.2) is 29.3 Å². The SMILES string of the molecule is CC(C)CCCC(C)NC(N)=NCc1ccc(COC2CCOCC2)cc1.I. The van der Waals surface area contributed by atoms with Gasteiger partial charge in [-0.1, -0.05) is 51.0 Å². The van der Waals surface area contributed by atoms with Gasteiger partial charge in [-0.15, -0.1) is 24.0 Å². The van der Waals surface area contributed by atoms with Gasteiger partial charge in [-0.3, -0.25) is 0 Å². The van der Waals surface area contributed by atoms with E-state index >= 15 is 0 Å². The molecule has 0 saturated carbocycles. The second-order valence-corrected chi connectivity index (χ2v) is 8.01. The molecule has 3 N–H and O–H groups in total. The molecule has 5 nitrogen and oxygen atoms in total. The zero-order valence-corrected chi connectivity index (χ0v) is 20.0. The van der Waals surface area contributed by atoms with Crippen molar-refractivity contribution in [2.75, 3.05) is 13.2 Å². The molecule has 1 aromatic rings. The zero-order chi connectivity index (χ0) is 19.5. The van der Waals surface area contributed by atoms with Gasteiger partial charge < -0.3 is 20.5 Å². The van der Waals surface area contributed by atoms with Crippen LogP contribution in [0.1, 0.15) is 64.0 Å².